The average Bonchev–Trinajstić information content (AvgIpc) is 2.92. The second-order valence-corrected chi connectivity index (χ2v) is 5.19. The molecule has 1 unspecified atom stereocenters. The highest BCUT2D eigenvalue weighted by Gasteiger charge is 2.28. The fourth-order valence-corrected chi connectivity index (χ4v) is 2.68. The third kappa shape index (κ3) is 2.90. The molecule has 0 saturated carbocycles. The molecule has 0 bridgehead atoms. The molecule has 0 amide bonds. The number of anilines is 1. The second kappa shape index (κ2) is 6.17. The molecular weight excluding hydrogens is 261 g/mol. The Morgan fingerprint density at radius 1 is 1.55 bits per heavy atom. The van der Waals surface area contributed by atoms with Crippen LogP contribution >= 0.6 is 0 Å². The topological polar surface area (TPSA) is 58.4 Å². The molecular formula is C14H20FN3O2. The zero-order chi connectivity index (χ0) is 14.7. The number of rotatable bonds is 5. The van der Waals surface area contributed by atoms with Gasteiger partial charge in [-0.1, -0.05) is 6.92 Å². The summed E-state index contributed by atoms with van der Waals surface area (Å²) in [4.78, 5) is 12.8. The minimum Gasteiger partial charge on any atom is -0.362 e. The molecule has 1 heterocycles. The minimum atomic E-state index is -0.526. The van der Waals surface area contributed by atoms with Crippen LogP contribution in [0.5, 0.6) is 0 Å². The van der Waals surface area contributed by atoms with Crippen LogP contribution in [0.3, 0.4) is 0 Å². The Labute approximate surface area is 117 Å². The van der Waals surface area contributed by atoms with Gasteiger partial charge < -0.3 is 10.2 Å². The van der Waals surface area contributed by atoms with Crippen molar-refractivity contribution in [1.29, 1.82) is 0 Å². The van der Waals surface area contributed by atoms with Crippen LogP contribution in [0.25, 0.3) is 0 Å². The van der Waals surface area contributed by atoms with E-state index in [0.29, 0.717) is 11.3 Å². The first-order valence-corrected chi connectivity index (χ1v) is 6.96. The Bertz CT molecular complexity index is 501. The summed E-state index contributed by atoms with van der Waals surface area (Å²) in [6.45, 7) is 6.14. The predicted molar refractivity (Wildman–Crippen MR) is 76.7 cm³/mol. The molecule has 5 nitrogen and oxygen atoms in total. The van der Waals surface area contributed by atoms with E-state index >= 15 is 0 Å². The molecule has 1 aromatic rings. The summed E-state index contributed by atoms with van der Waals surface area (Å²) < 4.78 is 13.6. The van der Waals surface area contributed by atoms with Crippen LogP contribution in [-0.2, 0) is 0 Å². The first-order valence-electron chi connectivity index (χ1n) is 6.96. The molecule has 1 atom stereocenters. The van der Waals surface area contributed by atoms with Crippen LogP contribution in [0.2, 0.25) is 0 Å². The highest BCUT2D eigenvalue weighted by atomic mass is 19.1. The highest BCUT2D eigenvalue weighted by molar-refractivity contribution is 5.65. The molecule has 20 heavy (non-hydrogen) atoms. The first-order chi connectivity index (χ1) is 9.54. The van der Waals surface area contributed by atoms with Crippen molar-refractivity contribution >= 4 is 11.4 Å². The summed E-state index contributed by atoms with van der Waals surface area (Å²) in [5.41, 5.74) is 0.829. The van der Waals surface area contributed by atoms with Crippen molar-refractivity contribution in [3.05, 3.63) is 33.6 Å². The number of halogens is 1. The third-order valence-electron chi connectivity index (χ3n) is 3.70. The molecule has 110 valence electrons. The fourth-order valence-electron chi connectivity index (χ4n) is 2.68. The predicted octanol–water partition coefficient (Wildman–Crippen LogP) is 2.62. The standard InChI is InChI=1S/C14H20FN3O2/c1-3-6-17(11-4-5-16-9-11)13-7-10(2)12(15)8-14(13)18(19)20/h7-8,11,16H,3-6,9H2,1-2H3. The van der Waals surface area contributed by atoms with Crippen molar-refractivity contribution in [3.8, 4) is 0 Å². The second-order valence-electron chi connectivity index (χ2n) is 5.19. The van der Waals surface area contributed by atoms with E-state index in [9.17, 15) is 14.5 Å². The van der Waals surface area contributed by atoms with Gasteiger partial charge in [0.15, 0.2) is 0 Å². The molecule has 1 aromatic carbocycles. The molecule has 0 aliphatic carbocycles. The van der Waals surface area contributed by atoms with E-state index in [2.05, 4.69) is 5.32 Å². The van der Waals surface area contributed by atoms with Gasteiger partial charge in [0.1, 0.15) is 11.5 Å². The van der Waals surface area contributed by atoms with Gasteiger partial charge in [0.05, 0.1) is 11.0 Å². The zero-order valence-corrected chi connectivity index (χ0v) is 11.9. The van der Waals surface area contributed by atoms with Gasteiger partial charge in [-0.25, -0.2) is 4.39 Å². The van der Waals surface area contributed by atoms with Gasteiger partial charge in [-0.3, -0.25) is 10.1 Å². The van der Waals surface area contributed by atoms with Crippen molar-refractivity contribution in [1.82, 2.24) is 5.32 Å². The molecule has 6 heteroatoms. The lowest BCUT2D eigenvalue weighted by Gasteiger charge is -2.30. The monoisotopic (exact) mass is 281 g/mol. The molecule has 2 rings (SSSR count). The lowest BCUT2D eigenvalue weighted by Crippen LogP contribution is -2.38. The van der Waals surface area contributed by atoms with Gasteiger partial charge in [0.2, 0.25) is 0 Å². The van der Waals surface area contributed by atoms with Crippen LogP contribution in [0, 0.1) is 22.9 Å². The maximum absolute atomic E-state index is 13.6. The summed E-state index contributed by atoms with van der Waals surface area (Å²) >= 11 is 0. The minimum absolute atomic E-state index is 0.145. The lowest BCUT2D eigenvalue weighted by molar-refractivity contribution is -0.384. The number of nitrogens with one attached hydrogen (secondary N) is 1. The molecule has 0 spiro atoms. The van der Waals surface area contributed by atoms with Crippen LogP contribution in [0.1, 0.15) is 25.3 Å². The van der Waals surface area contributed by atoms with Crippen LogP contribution in [0.15, 0.2) is 12.1 Å². The lowest BCUT2D eigenvalue weighted by atomic mass is 10.1. The number of aryl methyl sites for hydroxylation is 1. The third-order valence-corrected chi connectivity index (χ3v) is 3.70. The summed E-state index contributed by atoms with van der Waals surface area (Å²) in [7, 11) is 0. The van der Waals surface area contributed by atoms with Crippen LogP contribution in [-0.4, -0.2) is 30.6 Å². The summed E-state index contributed by atoms with van der Waals surface area (Å²) in [6.07, 6.45) is 1.84. The van der Waals surface area contributed by atoms with E-state index in [1.54, 1.807) is 13.0 Å². The summed E-state index contributed by atoms with van der Waals surface area (Å²) in [6, 6.07) is 2.87. The van der Waals surface area contributed by atoms with Crippen molar-refractivity contribution in [2.75, 3.05) is 24.5 Å². The number of hydrogen-bond acceptors (Lipinski definition) is 4. The van der Waals surface area contributed by atoms with E-state index in [0.717, 1.165) is 38.5 Å². The van der Waals surface area contributed by atoms with E-state index in [4.69, 9.17) is 0 Å². The largest absolute Gasteiger partial charge is 0.362 e. The normalized spacial score (nSPS) is 18.2. The summed E-state index contributed by atoms with van der Waals surface area (Å²) in [5.74, 6) is -0.526. The highest BCUT2D eigenvalue weighted by Crippen LogP contribution is 2.33. The Morgan fingerprint density at radius 3 is 2.85 bits per heavy atom. The van der Waals surface area contributed by atoms with Gasteiger partial charge in [-0.15, -0.1) is 0 Å². The van der Waals surface area contributed by atoms with E-state index in [-0.39, 0.29) is 11.7 Å². The number of nitro benzene ring substituents is 1. The van der Waals surface area contributed by atoms with Crippen LogP contribution < -0.4 is 10.2 Å². The molecule has 0 radical (unpaired) electrons. The first kappa shape index (κ1) is 14.7. The Hall–Kier alpha value is -1.69. The maximum atomic E-state index is 13.6. The van der Waals surface area contributed by atoms with E-state index in [1.165, 1.54) is 0 Å². The number of nitrogens with zero attached hydrogens (tertiary/aromatic N) is 2. The summed E-state index contributed by atoms with van der Waals surface area (Å²) in [5, 5.41) is 14.5. The SMILES string of the molecule is CCCN(c1cc(C)c(F)cc1[N+](=O)[O-])C1CCNC1. The Kier molecular flexibility index (Phi) is 4.54. The van der Waals surface area contributed by atoms with Gasteiger partial charge in [0, 0.05) is 19.1 Å². The van der Waals surface area contributed by atoms with Gasteiger partial charge in [0.25, 0.3) is 5.69 Å². The van der Waals surface area contributed by atoms with Gasteiger partial charge in [-0.2, -0.15) is 0 Å². The fraction of sp³-hybridized carbons (Fsp3) is 0.571. The van der Waals surface area contributed by atoms with Crippen molar-refractivity contribution in [3.63, 3.8) is 0 Å². The van der Waals surface area contributed by atoms with Gasteiger partial charge >= 0.3 is 0 Å². The van der Waals surface area contributed by atoms with Gasteiger partial charge in [-0.05, 0) is 37.9 Å². The number of hydrogen-bond donors (Lipinski definition) is 1. The average molecular weight is 281 g/mol. The smallest absolute Gasteiger partial charge is 0.295 e. The Balaban J connectivity index is 2.45. The molecule has 1 fully saturated rings. The molecule has 0 aromatic heterocycles. The number of benzene rings is 1. The van der Waals surface area contributed by atoms with Crippen molar-refractivity contribution in [2.24, 2.45) is 0 Å². The Morgan fingerprint density at radius 2 is 2.30 bits per heavy atom. The van der Waals surface area contributed by atoms with E-state index < -0.39 is 10.7 Å². The maximum Gasteiger partial charge on any atom is 0.295 e. The molecule has 1 aliphatic heterocycles. The quantitative estimate of drug-likeness (QED) is 0.666. The molecule has 1 saturated heterocycles. The van der Waals surface area contributed by atoms with E-state index in [1.807, 2.05) is 11.8 Å². The van der Waals surface area contributed by atoms with Crippen molar-refractivity contribution in [2.45, 2.75) is 32.7 Å². The molecule has 1 N–H and O–H groups in total. The van der Waals surface area contributed by atoms with Crippen LogP contribution in [0.4, 0.5) is 15.8 Å². The number of nitro groups is 1. The molecule has 1 aliphatic rings. The zero-order valence-electron chi connectivity index (χ0n) is 11.9. The van der Waals surface area contributed by atoms with Crippen molar-refractivity contribution < 1.29 is 9.31 Å².